The number of hydrogen-bond acceptors (Lipinski definition) is 4. The third kappa shape index (κ3) is 4.22. The largest absolute Gasteiger partial charge is 0.270 e. The molecule has 2 aliphatic rings. The molecule has 8 nitrogen and oxygen atoms in total. The molecule has 0 atom stereocenters. The van der Waals surface area contributed by atoms with Crippen molar-refractivity contribution in [3.8, 4) is 24.3 Å². The lowest BCUT2D eigenvalue weighted by molar-refractivity contribution is 0.489. The van der Waals surface area contributed by atoms with Crippen molar-refractivity contribution in [2.75, 3.05) is 0 Å². The quantitative estimate of drug-likeness (QED) is 0.117. The Hall–Kier alpha value is -8.02. The minimum absolute atomic E-state index is 0.164. The first-order valence-electron chi connectivity index (χ1n) is 12.8. The number of fused-ring (bicyclic) bond motifs is 2. The highest BCUT2D eigenvalue weighted by Gasteiger charge is 2.45. The van der Waals surface area contributed by atoms with E-state index in [1.54, 1.807) is 0 Å². The first-order chi connectivity index (χ1) is 23.8. The smallest absolute Gasteiger partial charge is 0.237 e. The van der Waals surface area contributed by atoms with E-state index in [1.165, 1.54) is 18.2 Å². The highest BCUT2D eigenvalue weighted by molar-refractivity contribution is 6.29. The maximum absolute atomic E-state index is 17.0. The number of nitrogens with zero attached hydrogens (tertiary/aromatic N) is 8. The van der Waals surface area contributed by atoms with E-state index < -0.39 is 136 Å². The van der Waals surface area contributed by atoms with Gasteiger partial charge in [-0.05, 0) is 23.3 Å². The van der Waals surface area contributed by atoms with Crippen LogP contribution < -0.4 is 0 Å². The number of halogens is 8. The summed E-state index contributed by atoms with van der Waals surface area (Å²) in [5, 5.41) is 38.7. The molecular formula is C34H2F8N8. The first kappa shape index (κ1) is 33.3. The normalized spacial score (nSPS) is 14.6. The van der Waals surface area contributed by atoms with Crippen molar-refractivity contribution < 1.29 is 35.1 Å². The van der Waals surface area contributed by atoms with Crippen molar-refractivity contribution >= 4 is 39.2 Å². The Bertz CT molecular complexity index is 2500. The third-order valence-corrected chi connectivity index (χ3v) is 7.54. The summed E-state index contributed by atoms with van der Waals surface area (Å²) in [6.07, 6.45) is 0. The van der Waals surface area contributed by atoms with Crippen molar-refractivity contribution in [2.45, 2.75) is 0 Å². The molecule has 0 amide bonds. The van der Waals surface area contributed by atoms with E-state index in [0.717, 1.165) is 6.07 Å². The van der Waals surface area contributed by atoms with Crippen LogP contribution in [0.2, 0.25) is 0 Å². The number of hydrogen-bond donors (Lipinski definition) is 0. The SMILES string of the molecule is [C-]#[N+]C1=C(c2cc(F)c([N+]#[C-])c(F)c2F)/C(=C(/C#N)[N+]#[C-])c2c(F)c3c(c(F)c21)/C(=C(/C#N)[N+]#[C-])C(c1cc(F)c(C#N)c(F)c1F)=C3C#N. The summed E-state index contributed by atoms with van der Waals surface area (Å²) >= 11 is 0. The van der Waals surface area contributed by atoms with Gasteiger partial charge in [0, 0.05) is 44.5 Å². The Kier molecular flexibility index (Phi) is 7.98. The summed E-state index contributed by atoms with van der Waals surface area (Å²) in [5.41, 5.74) is -19.5. The summed E-state index contributed by atoms with van der Waals surface area (Å²) in [6.45, 7) is 29.6. The summed E-state index contributed by atoms with van der Waals surface area (Å²) in [4.78, 5) is 11.3. The molecule has 0 bridgehead atoms. The Labute approximate surface area is 274 Å². The second kappa shape index (κ2) is 12.0. The molecule has 50 heavy (non-hydrogen) atoms. The number of benzene rings is 3. The van der Waals surface area contributed by atoms with Crippen LogP contribution in [0.4, 0.5) is 40.8 Å². The van der Waals surface area contributed by atoms with Crippen molar-refractivity contribution in [1.29, 1.82) is 21.0 Å². The lowest BCUT2D eigenvalue weighted by atomic mass is 9.90. The Morgan fingerprint density at radius 3 is 1.54 bits per heavy atom. The predicted molar refractivity (Wildman–Crippen MR) is 154 cm³/mol. The Morgan fingerprint density at radius 2 is 1.04 bits per heavy atom. The fraction of sp³-hybridized carbons (Fsp3) is 0. The third-order valence-electron chi connectivity index (χ3n) is 7.54. The van der Waals surface area contributed by atoms with Gasteiger partial charge in [0.05, 0.1) is 44.0 Å². The zero-order chi connectivity index (χ0) is 36.9. The van der Waals surface area contributed by atoms with Gasteiger partial charge in [0.2, 0.25) is 5.70 Å². The van der Waals surface area contributed by atoms with Crippen LogP contribution in [0.15, 0.2) is 23.5 Å². The molecule has 5 rings (SSSR count). The van der Waals surface area contributed by atoms with Crippen LogP contribution >= 0.6 is 0 Å². The standard InChI is InChI=1S/C34H2F8N8/c1-47-17(9-45)22-19(11-5-15(35)13(7-43)29(39)27(11)37)14(8-44)20-24(22)31(41)26-25(30(20)40)23(18(10-46)48-2)21(34(26)50-4)12-6-16(36)33(49-3)32(42)28(12)38/h5-6H/b22-17-,23-18+. The van der Waals surface area contributed by atoms with Crippen molar-refractivity contribution in [3.05, 3.63) is 155 Å². The second-order valence-corrected chi connectivity index (χ2v) is 9.73. The average Bonchev–Trinajstić information content (AvgIpc) is 3.63. The van der Waals surface area contributed by atoms with Crippen LogP contribution in [-0.2, 0) is 0 Å². The molecule has 0 saturated carbocycles. The van der Waals surface area contributed by atoms with Gasteiger partial charge >= 0.3 is 0 Å². The zero-order valence-corrected chi connectivity index (χ0v) is 23.8. The fourth-order valence-electron chi connectivity index (χ4n) is 5.61. The van der Waals surface area contributed by atoms with Gasteiger partial charge in [0.1, 0.15) is 41.0 Å². The summed E-state index contributed by atoms with van der Waals surface area (Å²) in [6, 6.07) is 5.40. The van der Waals surface area contributed by atoms with E-state index in [1.807, 2.05) is 0 Å². The summed E-state index contributed by atoms with van der Waals surface area (Å²) in [7, 11) is 0. The molecular weight excluding hydrogens is 672 g/mol. The van der Waals surface area contributed by atoms with Crippen LogP contribution in [0.3, 0.4) is 0 Å². The van der Waals surface area contributed by atoms with Crippen LogP contribution in [0.1, 0.15) is 38.9 Å². The highest BCUT2D eigenvalue weighted by atomic mass is 19.2. The lowest BCUT2D eigenvalue weighted by Gasteiger charge is -2.15. The molecule has 3 aromatic rings. The molecule has 0 aromatic heterocycles. The van der Waals surface area contributed by atoms with Gasteiger partial charge in [-0.25, -0.2) is 65.0 Å². The van der Waals surface area contributed by atoms with Crippen LogP contribution in [0.5, 0.6) is 0 Å². The van der Waals surface area contributed by atoms with E-state index in [9.17, 15) is 33.3 Å². The average molecular weight is 674 g/mol. The Morgan fingerprint density at radius 1 is 0.540 bits per heavy atom. The molecule has 234 valence electrons. The van der Waals surface area contributed by atoms with E-state index in [0.29, 0.717) is 0 Å². The number of allylic oxidation sites excluding steroid dienone is 7. The Balaban J connectivity index is 2.07. The molecule has 3 aromatic carbocycles. The molecule has 16 heteroatoms. The summed E-state index contributed by atoms with van der Waals surface area (Å²) < 4.78 is 124. The van der Waals surface area contributed by atoms with Gasteiger partial charge in [-0.15, -0.1) is 0 Å². The van der Waals surface area contributed by atoms with Crippen molar-refractivity contribution in [2.24, 2.45) is 0 Å². The lowest BCUT2D eigenvalue weighted by Crippen LogP contribution is -2.05. The van der Waals surface area contributed by atoms with Crippen LogP contribution in [0.25, 0.3) is 52.9 Å². The highest BCUT2D eigenvalue weighted by Crippen LogP contribution is 2.58. The van der Waals surface area contributed by atoms with Crippen LogP contribution in [-0.4, -0.2) is 0 Å². The van der Waals surface area contributed by atoms with Crippen LogP contribution in [0, 0.1) is 118 Å². The molecule has 0 N–H and O–H groups in total. The van der Waals surface area contributed by atoms with E-state index >= 15 is 17.6 Å². The molecule has 0 radical (unpaired) electrons. The van der Waals surface area contributed by atoms with Gasteiger partial charge in [0.25, 0.3) is 17.1 Å². The molecule has 0 fully saturated rings. The predicted octanol–water partition coefficient (Wildman–Crippen LogP) is 8.78. The number of rotatable bonds is 2. The van der Waals surface area contributed by atoms with Gasteiger partial charge < -0.3 is 0 Å². The maximum atomic E-state index is 17.0. The van der Waals surface area contributed by atoms with Gasteiger partial charge in [-0.1, -0.05) is 0 Å². The van der Waals surface area contributed by atoms with Crippen molar-refractivity contribution in [1.82, 2.24) is 0 Å². The van der Waals surface area contributed by atoms with E-state index in [4.69, 9.17) is 31.6 Å². The zero-order valence-electron chi connectivity index (χ0n) is 23.8. The first-order valence-corrected chi connectivity index (χ1v) is 12.8. The maximum Gasteiger partial charge on any atom is 0.270 e. The topological polar surface area (TPSA) is 113 Å². The monoisotopic (exact) mass is 674 g/mol. The molecule has 0 unspecified atom stereocenters. The van der Waals surface area contributed by atoms with Gasteiger partial charge in [-0.3, -0.25) is 0 Å². The summed E-state index contributed by atoms with van der Waals surface area (Å²) in [5.74, 6) is -15.4. The molecule has 0 aliphatic heterocycles. The fourth-order valence-corrected chi connectivity index (χ4v) is 5.61. The van der Waals surface area contributed by atoms with Crippen molar-refractivity contribution in [3.63, 3.8) is 0 Å². The van der Waals surface area contributed by atoms with E-state index in [2.05, 4.69) is 19.4 Å². The minimum atomic E-state index is -2.11. The molecule has 0 spiro atoms. The minimum Gasteiger partial charge on any atom is -0.237 e. The second-order valence-electron chi connectivity index (χ2n) is 9.73. The van der Waals surface area contributed by atoms with Gasteiger partial charge in [-0.2, -0.15) is 10.5 Å². The molecule has 0 saturated heterocycles. The number of nitriles is 4. The van der Waals surface area contributed by atoms with Gasteiger partial charge in [0.15, 0.2) is 23.3 Å². The molecule has 2 aliphatic carbocycles. The molecule has 0 heterocycles. The van der Waals surface area contributed by atoms with E-state index in [-0.39, 0.29) is 12.1 Å².